The van der Waals surface area contributed by atoms with E-state index in [-0.39, 0.29) is 11.9 Å². The second-order valence-corrected chi connectivity index (χ2v) is 3.88. The quantitative estimate of drug-likeness (QED) is 0.642. The van der Waals surface area contributed by atoms with Gasteiger partial charge >= 0.3 is 5.97 Å². The molecule has 0 aromatic carbocycles. The van der Waals surface area contributed by atoms with Gasteiger partial charge in [-0.15, -0.1) is 0 Å². The molecule has 12 heavy (non-hydrogen) atoms. The number of nitrogens with one attached hydrogen (secondary N) is 1. The first-order chi connectivity index (χ1) is 5.84. The van der Waals surface area contributed by atoms with Crippen LogP contribution in [0.15, 0.2) is 0 Å². The molecule has 3 nitrogen and oxygen atoms in total. The fourth-order valence-electron chi connectivity index (χ4n) is 1.12. The summed E-state index contributed by atoms with van der Waals surface area (Å²) in [5.41, 5.74) is 0. The first-order valence-corrected chi connectivity index (χ1v) is 5.45. The van der Waals surface area contributed by atoms with Crippen LogP contribution < -0.4 is 5.32 Å². The number of ether oxygens (including phenoxy) is 1. The molecule has 70 valence electrons. The highest BCUT2D eigenvalue weighted by Gasteiger charge is 2.20. The van der Waals surface area contributed by atoms with Crippen molar-refractivity contribution in [1.82, 2.24) is 5.32 Å². The second kappa shape index (κ2) is 5.43. The maximum absolute atomic E-state index is 11.3. The van der Waals surface area contributed by atoms with E-state index in [0.717, 1.165) is 24.6 Å². The molecule has 0 bridgehead atoms. The number of hydrogen-bond acceptors (Lipinski definition) is 4. The molecule has 1 atom stereocenters. The van der Waals surface area contributed by atoms with Crippen LogP contribution in [-0.2, 0) is 9.53 Å². The van der Waals surface area contributed by atoms with Gasteiger partial charge in [-0.25, -0.2) is 0 Å². The molecule has 0 aromatic heterocycles. The molecule has 0 saturated carbocycles. The Hall–Kier alpha value is -0.220. The van der Waals surface area contributed by atoms with Crippen molar-refractivity contribution in [3.8, 4) is 0 Å². The lowest BCUT2D eigenvalue weighted by Gasteiger charge is -2.11. The summed E-state index contributed by atoms with van der Waals surface area (Å²) in [6.45, 7) is 4.10. The minimum absolute atomic E-state index is 0.0532. The zero-order chi connectivity index (χ0) is 8.81. The Morgan fingerprint density at radius 1 is 1.75 bits per heavy atom. The molecule has 1 fully saturated rings. The van der Waals surface area contributed by atoms with Gasteiger partial charge in [0.15, 0.2) is 0 Å². The number of carbonyl (C=O) groups excluding carboxylic acids is 1. The van der Waals surface area contributed by atoms with Crippen LogP contribution in [0.4, 0.5) is 0 Å². The van der Waals surface area contributed by atoms with Crippen molar-refractivity contribution in [2.24, 2.45) is 5.92 Å². The molecule has 1 aliphatic rings. The Morgan fingerprint density at radius 3 is 3.33 bits per heavy atom. The van der Waals surface area contributed by atoms with Gasteiger partial charge in [-0.3, -0.25) is 4.79 Å². The van der Waals surface area contributed by atoms with E-state index in [1.807, 2.05) is 18.7 Å². The predicted octanol–water partition coefficient (Wildman–Crippen LogP) is 0.502. The van der Waals surface area contributed by atoms with Gasteiger partial charge in [0.2, 0.25) is 0 Å². The summed E-state index contributed by atoms with van der Waals surface area (Å²) in [5.74, 6) is 1.98. The lowest BCUT2D eigenvalue weighted by molar-refractivity contribution is -0.146. The normalized spacial score (nSPS) is 24.6. The summed E-state index contributed by atoms with van der Waals surface area (Å²) < 4.78 is 4.94. The maximum Gasteiger partial charge on any atom is 0.311 e. The summed E-state index contributed by atoms with van der Waals surface area (Å²) in [7, 11) is 0. The molecule has 0 radical (unpaired) electrons. The third-order valence-corrected chi connectivity index (χ3v) is 2.88. The minimum Gasteiger partial charge on any atom is -0.466 e. The predicted molar refractivity (Wildman–Crippen MR) is 50.3 cm³/mol. The fraction of sp³-hybridized carbons (Fsp3) is 0.875. The third-order valence-electron chi connectivity index (χ3n) is 1.75. The number of esters is 1. The molecule has 1 N–H and O–H groups in total. The zero-order valence-electron chi connectivity index (χ0n) is 7.34. The van der Waals surface area contributed by atoms with Gasteiger partial charge in [-0.05, 0) is 6.92 Å². The van der Waals surface area contributed by atoms with Gasteiger partial charge in [0.05, 0.1) is 12.5 Å². The van der Waals surface area contributed by atoms with Crippen molar-refractivity contribution in [1.29, 1.82) is 0 Å². The highest BCUT2D eigenvalue weighted by atomic mass is 32.2. The molecule has 1 aliphatic heterocycles. The molecule has 0 aromatic rings. The number of carbonyl (C=O) groups is 1. The highest BCUT2D eigenvalue weighted by molar-refractivity contribution is 7.99. The summed E-state index contributed by atoms with van der Waals surface area (Å²) in [6, 6.07) is 0. The van der Waals surface area contributed by atoms with Gasteiger partial charge < -0.3 is 10.1 Å². The smallest absolute Gasteiger partial charge is 0.311 e. The van der Waals surface area contributed by atoms with Gasteiger partial charge in [-0.2, -0.15) is 11.8 Å². The van der Waals surface area contributed by atoms with Crippen molar-refractivity contribution >= 4 is 17.7 Å². The summed E-state index contributed by atoms with van der Waals surface area (Å²) in [5, 5.41) is 3.21. The van der Waals surface area contributed by atoms with E-state index in [9.17, 15) is 4.79 Å². The Labute approximate surface area is 77.2 Å². The Morgan fingerprint density at radius 2 is 2.58 bits per heavy atom. The first-order valence-electron chi connectivity index (χ1n) is 4.29. The lowest BCUT2D eigenvalue weighted by atomic mass is 10.2. The van der Waals surface area contributed by atoms with Crippen LogP contribution >= 0.6 is 11.8 Å². The monoisotopic (exact) mass is 189 g/mol. The van der Waals surface area contributed by atoms with Gasteiger partial charge in [-0.1, -0.05) is 0 Å². The number of thioether (sulfide) groups is 1. The van der Waals surface area contributed by atoms with Crippen molar-refractivity contribution in [2.45, 2.75) is 6.92 Å². The molecule has 1 heterocycles. The van der Waals surface area contributed by atoms with Crippen molar-refractivity contribution in [3.63, 3.8) is 0 Å². The molecule has 0 aliphatic carbocycles. The van der Waals surface area contributed by atoms with Crippen LogP contribution in [0, 0.1) is 5.92 Å². The summed E-state index contributed by atoms with van der Waals surface area (Å²) in [6.07, 6.45) is 0. The number of rotatable bonds is 2. The van der Waals surface area contributed by atoms with E-state index in [1.54, 1.807) is 0 Å². The molecular formula is C8H15NO2S. The van der Waals surface area contributed by atoms with E-state index in [0.29, 0.717) is 6.61 Å². The largest absolute Gasteiger partial charge is 0.466 e. The average Bonchev–Trinajstić information content (AvgIpc) is 2.32. The Kier molecular flexibility index (Phi) is 4.46. The van der Waals surface area contributed by atoms with E-state index < -0.39 is 0 Å². The van der Waals surface area contributed by atoms with E-state index in [4.69, 9.17) is 4.74 Å². The van der Waals surface area contributed by atoms with Gasteiger partial charge in [0, 0.05) is 24.6 Å². The summed E-state index contributed by atoms with van der Waals surface area (Å²) >= 11 is 1.81. The second-order valence-electron chi connectivity index (χ2n) is 2.73. The van der Waals surface area contributed by atoms with Crippen LogP contribution in [-0.4, -0.2) is 37.2 Å². The van der Waals surface area contributed by atoms with Crippen LogP contribution in [0.1, 0.15) is 6.92 Å². The molecule has 0 spiro atoms. The van der Waals surface area contributed by atoms with Crippen LogP contribution in [0.5, 0.6) is 0 Å². The van der Waals surface area contributed by atoms with Crippen molar-refractivity contribution < 1.29 is 9.53 Å². The minimum atomic E-state index is -0.0561. The molecule has 0 amide bonds. The van der Waals surface area contributed by atoms with E-state index in [1.165, 1.54) is 0 Å². The topological polar surface area (TPSA) is 38.3 Å². The van der Waals surface area contributed by atoms with E-state index in [2.05, 4.69) is 5.32 Å². The molecular weight excluding hydrogens is 174 g/mol. The Bertz CT molecular complexity index is 144. The average molecular weight is 189 g/mol. The number of hydrogen-bond donors (Lipinski definition) is 1. The zero-order valence-corrected chi connectivity index (χ0v) is 8.15. The highest BCUT2D eigenvalue weighted by Crippen LogP contribution is 2.12. The van der Waals surface area contributed by atoms with E-state index >= 15 is 0 Å². The first kappa shape index (κ1) is 9.86. The van der Waals surface area contributed by atoms with Crippen molar-refractivity contribution in [3.05, 3.63) is 0 Å². The maximum atomic E-state index is 11.3. The van der Waals surface area contributed by atoms with Gasteiger partial charge in [0.25, 0.3) is 0 Å². The standard InChI is InChI=1S/C8H15NO2S/c1-2-11-8(10)7-5-9-3-4-12-6-7/h7,9H,2-6H2,1H3. The Balaban J connectivity index is 2.32. The molecule has 1 rings (SSSR count). The third kappa shape index (κ3) is 3.03. The summed E-state index contributed by atoms with van der Waals surface area (Å²) in [4.78, 5) is 11.3. The molecule has 1 saturated heterocycles. The van der Waals surface area contributed by atoms with Crippen LogP contribution in [0.2, 0.25) is 0 Å². The molecule has 4 heteroatoms. The fourth-order valence-corrected chi connectivity index (χ4v) is 2.11. The van der Waals surface area contributed by atoms with Gasteiger partial charge in [0.1, 0.15) is 0 Å². The lowest BCUT2D eigenvalue weighted by Crippen LogP contribution is -2.30. The molecule has 1 unspecified atom stereocenters. The SMILES string of the molecule is CCOC(=O)C1CNCCSC1. The van der Waals surface area contributed by atoms with Crippen molar-refractivity contribution in [2.75, 3.05) is 31.2 Å². The van der Waals surface area contributed by atoms with Crippen LogP contribution in [0.25, 0.3) is 0 Å². The van der Waals surface area contributed by atoms with Crippen LogP contribution in [0.3, 0.4) is 0 Å².